The van der Waals surface area contributed by atoms with E-state index in [1.807, 2.05) is 0 Å². The molecule has 1 amide bonds. The number of carboxylic acid groups (broad SMARTS) is 1. The summed E-state index contributed by atoms with van der Waals surface area (Å²) < 4.78 is 28.5. The van der Waals surface area contributed by atoms with Crippen molar-refractivity contribution in [3.8, 4) is 0 Å². The van der Waals surface area contributed by atoms with Gasteiger partial charge in [-0.2, -0.15) is 4.79 Å². The smallest absolute Gasteiger partial charge is 0.481 e. The van der Waals surface area contributed by atoms with Crippen molar-refractivity contribution in [2.75, 3.05) is 0 Å². The molecule has 3 rings (SSSR count). The maximum Gasteiger partial charge on any atom is 0.508 e. The zero-order valence-corrected chi connectivity index (χ0v) is 19.5. The molecule has 2 aliphatic heterocycles. The molecule has 2 aliphatic rings. The summed E-state index contributed by atoms with van der Waals surface area (Å²) >= 11 is 0. The average molecular weight is 508 g/mol. The van der Waals surface area contributed by atoms with Crippen LogP contribution in [0.15, 0.2) is 35.7 Å². The summed E-state index contributed by atoms with van der Waals surface area (Å²) in [5, 5.41) is 18.5. The topological polar surface area (TPSA) is 199 Å². The fourth-order valence-corrected chi connectivity index (χ4v) is 5.19. The summed E-state index contributed by atoms with van der Waals surface area (Å²) in [5.41, 5.74) is 9.05. The number of benzene rings is 1. The molecule has 0 spiro atoms. The normalized spacial score (nSPS) is 22.1. The number of carboxylic acids is 1. The average Bonchev–Trinajstić information content (AvgIpc) is 2.78. The van der Waals surface area contributed by atoms with E-state index in [9.17, 15) is 39.3 Å². The van der Waals surface area contributed by atoms with Crippen molar-refractivity contribution in [1.29, 1.82) is 0 Å². The van der Waals surface area contributed by atoms with Gasteiger partial charge < -0.3 is 24.8 Å². The zero-order chi connectivity index (χ0) is 26.0. The summed E-state index contributed by atoms with van der Waals surface area (Å²) in [6.07, 6.45) is -2.93. The van der Waals surface area contributed by atoms with Gasteiger partial charge in [-0.1, -0.05) is 0 Å². The number of nitrogens with zero attached hydrogens (tertiary/aromatic N) is 4. The minimum Gasteiger partial charge on any atom is -0.481 e. The van der Waals surface area contributed by atoms with Crippen LogP contribution >= 0.6 is 0 Å². The van der Waals surface area contributed by atoms with Crippen molar-refractivity contribution in [1.82, 2.24) is 4.90 Å². The Kier molecular flexibility index (Phi) is 7.31. The standard InChI is InChI=1S/C20H20N4O10S/c1-9(2)33-15-14(19(26)27)23-17(25)13(18(23)35(31)16(15)22-21)10(3)34-20(28)32-8-11-4-6-12(7-5-11)24(29)30/h4-7,9-10,13,18H,8H2,1-3H3,(H,26,27)/t10?,13-,18-,35-/m0/s1. The number of amides is 1. The quantitative estimate of drug-likeness (QED) is 0.134. The van der Waals surface area contributed by atoms with E-state index in [1.165, 1.54) is 31.2 Å². The van der Waals surface area contributed by atoms with Crippen LogP contribution in [0.25, 0.3) is 5.53 Å². The number of nitro benzene ring substituents is 1. The third kappa shape index (κ3) is 4.90. The van der Waals surface area contributed by atoms with E-state index in [4.69, 9.17) is 14.2 Å². The summed E-state index contributed by atoms with van der Waals surface area (Å²) in [7, 11) is -2.20. The molecule has 35 heavy (non-hydrogen) atoms. The van der Waals surface area contributed by atoms with E-state index in [2.05, 4.69) is 4.79 Å². The molecule has 0 aromatic heterocycles. The molecule has 0 radical (unpaired) electrons. The van der Waals surface area contributed by atoms with E-state index in [0.717, 1.165) is 4.90 Å². The highest BCUT2D eigenvalue weighted by molar-refractivity contribution is 8.01. The number of non-ortho nitro benzene ring substituents is 1. The van der Waals surface area contributed by atoms with Crippen LogP contribution in [0.1, 0.15) is 26.3 Å². The molecule has 1 aromatic carbocycles. The number of β-lactam (4-membered cyclic amide) rings is 1. The Hall–Kier alpha value is -4.10. The van der Waals surface area contributed by atoms with Crippen molar-refractivity contribution in [2.45, 2.75) is 45.0 Å². The molecule has 0 bridgehead atoms. The molecule has 15 heteroatoms. The highest BCUT2D eigenvalue weighted by atomic mass is 32.2. The number of nitro groups is 1. The van der Waals surface area contributed by atoms with Crippen LogP contribution in [0.4, 0.5) is 10.5 Å². The van der Waals surface area contributed by atoms with E-state index in [-0.39, 0.29) is 12.3 Å². The van der Waals surface area contributed by atoms with Crippen LogP contribution in [-0.4, -0.2) is 64.6 Å². The fourth-order valence-electron chi connectivity index (χ4n) is 3.54. The van der Waals surface area contributed by atoms with Crippen molar-refractivity contribution >= 4 is 39.6 Å². The highest BCUT2D eigenvalue weighted by Gasteiger charge is 2.64. The lowest BCUT2D eigenvalue weighted by Gasteiger charge is -2.48. The predicted molar refractivity (Wildman–Crippen MR) is 116 cm³/mol. The van der Waals surface area contributed by atoms with Gasteiger partial charge in [0.05, 0.1) is 11.0 Å². The van der Waals surface area contributed by atoms with E-state index in [1.54, 1.807) is 13.8 Å². The fraction of sp³-hybridized carbons (Fsp3) is 0.400. The predicted octanol–water partition coefficient (Wildman–Crippen LogP) is 1.53. The Morgan fingerprint density at radius 2 is 1.91 bits per heavy atom. The minimum atomic E-state index is -2.20. The second kappa shape index (κ2) is 10.0. The first-order valence-corrected chi connectivity index (χ1v) is 11.4. The molecular formula is C20H20N4O10S. The molecule has 2 heterocycles. The first-order chi connectivity index (χ1) is 16.5. The first kappa shape index (κ1) is 25.5. The Bertz CT molecular complexity index is 1190. The number of carbonyl (C=O) groups excluding carboxylic acids is 2. The van der Waals surface area contributed by atoms with Crippen molar-refractivity contribution in [2.24, 2.45) is 5.92 Å². The molecule has 1 saturated heterocycles. The van der Waals surface area contributed by atoms with Gasteiger partial charge in [-0.25, -0.2) is 13.8 Å². The number of fused-ring (bicyclic) bond motifs is 1. The molecule has 14 nitrogen and oxygen atoms in total. The number of ether oxygens (including phenoxy) is 3. The summed E-state index contributed by atoms with van der Waals surface area (Å²) in [6, 6.07) is 5.24. The molecule has 186 valence electrons. The summed E-state index contributed by atoms with van der Waals surface area (Å²) in [6.45, 7) is 4.20. The van der Waals surface area contributed by atoms with E-state index < -0.39 is 73.8 Å². The van der Waals surface area contributed by atoms with Gasteiger partial charge in [0.1, 0.15) is 24.0 Å². The van der Waals surface area contributed by atoms with Crippen LogP contribution in [-0.2, 0) is 41.2 Å². The van der Waals surface area contributed by atoms with Gasteiger partial charge >= 0.3 is 17.2 Å². The van der Waals surface area contributed by atoms with Gasteiger partial charge in [0, 0.05) is 12.1 Å². The lowest BCUT2D eigenvalue weighted by molar-refractivity contribution is -0.384. The number of hydrogen-bond acceptors (Lipinski definition) is 9. The summed E-state index contributed by atoms with van der Waals surface area (Å²) in [5.74, 6) is -4.05. The minimum absolute atomic E-state index is 0.138. The maximum absolute atomic E-state index is 13.0. The molecular weight excluding hydrogens is 488 g/mol. The largest absolute Gasteiger partial charge is 0.508 e. The van der Waals surface area contributed by atoms with Gasteiger partial charge in [0.25, 0.3) is 11.4 Å². The van der Waals surface area contributed by atoms with Crippen LogP contribution < -0.4 is 0 Å². The van der Waals surface area contributed by atoms with Gasteiger partial charge in [-0.3, -0.25) is 19.8 Å². The van der Waals surface area contributed by atoms with Crippen molar-refractivity contribution < 1.29 is 47.6 Å². The Labute approximate surface area is 200 Å². The Morgan fingerprint density at radius 3 is 2.43 bits per heavy atom. The Balaban J connectivity index is 1.73. The zero-order valence-electron chi connectivity index (χ0n) is 18.6. The monoisotopic (exact) mass is 508 g/mol. The number of aliphatic carboxylic acids is 1. The van der Waals surface area contributed by atoms with Gasteiger partial charge in [-0.15, -0.1) is 0 Å². The lowest BCUT2D eigenvalue weighted by Crippen LogP contribution is -2.69. The molecule has 0 aliphatic carbocycles. The third-order valence-electron chi connectivity index (χ3n) is 5.08. The summed E-state index contributed by atoms with van der Waals surface area (Å²) in [4.78, 5) is 50.6. The highest BCUT2D eigenvalue weighted by Crippen LogP contribution is 2.42. The first-order valence-electron chi connectivity index (χ1n) is 10.1. The van der Waals surface area contributed by atoms with Crippen molar-refractivity contribution in [3.05, 3.63) is 56.9 Å². The second-order valence-electron chi connectivity index (χ2n) is 7.76. The van der Waals surface area contributed by atoms with Crippen LogP contribution in [0, 0.1) is 16.0 Å². The van der Waals surface area contributed by atoms with Crippen LogP contribution in [0.2, 0.25) is 0 Å². The molecule has 1 fully saturated rings. The van der Waals surface area contributed by atoms with Crippen molar-refractivity contribution in [3.63, 3.8) is 0 Å². The third-order valence-corrected chi connectivity index (χ3v) is 6.67. The SMILES string of the molecule is CC(C)OC1=C(C(=O)O)N2C(=O)[C@H](C(C)OC(=O)OCc3ccc([N+](=O)[O-])cc3)[C@@H]2[S@@](=O)C1=[N+]=[N-]. The van der Waals surface area contributed by atoms with Gasteiger partial charge in [0.2, 0.25) is 5.91 Å². The van der Waals surface area contributed by atoms with Gasteiger partial charge in [-0.05, 0) is 38.5 Å². The van der Waals surface area contributed by atoms with Crippen LogP contribution in [0.3, 0.4) is 0 Å². The van der Waals surface area contributed by atoms with Crippen LogP contribution in [0.5, 0.6) is 0 Å². The van der Waals surface area contributed by atoms with E-state index in [0.29, 0.717) is 5.56 Å². The molecule has 1 aromatic rings. The number of hydrogen-bond donors (Lipinski definition) is 1. The molecule has 1 unspecified atom stereocenters. The lowest BCUT2D eigenvalue weighted by atomic mass is 9.91. The Morgan fingerprint density at radius 1 is 1.29 bits per heavy atom. The van der Waals surface area contributed by atoms with Gasteiger partial charge in [0.15, 0.2) is 16.5 Å². The molecule has 4 atom stereocenters. The molecule has 0 saturated carbocycles. The van der Waals surface area contributed by atoms with E-state index >= 15 is 0 Å². The number of carbonyl (C=O) groups is 3. The number of rotatable bonds is 8. The maximum atomic E-state index is 13.0. The second-order valence-corrected chi connectivity index (χ2v) is 9.23. The molecule has 1 N–H and O–H groups in total.